The highest BCUT2D eigenvalue weighted by atomic mass is 35.5. The Morgan fingerprint density at radius 1 is 0.396 bits per heavy atom. The Labute approximate surface area is 306 Å². The van der Waals surface area contributed by atoms with Crippen molar-refractivity contribution in [3.8, 4) is 0 Å². The zero-order chi connectivity index (χ0) is 37.8. The van der Waals surface area contributed by atoms with Crippen LogP contribution in [0.25, 0.3) is 0 Å². The molecule has 0 saturated heterocycles. The van der Waals surface area contributed by atoms with Crippen LogP contribution in [-0.2, 0) is 0 Å². The lowest BCUT2D eigenvalue weighted by atomic mass is 10.2. The minimum absolute atomic E-state index is 0.131. The first-order valence-corrected chi connectivity index (χ1v) is 17.9. The predicted molar refractivity (Wildman–Crippen MR) is 200 cm³/mol. The lowest BCUT2D eigenvalue weighted by molar-refractivity contribution is 0.00270. The van der Waals surface area contributed by atoms with E-state index in [1.54, 1.807) is 0 Å². The molecule has 20 heteroatoms. The van der Waals surface area contributed by atoms with Crippen LogP contribution in [0.1, 0.15) is 51.4 Å². The third kappa shape index (κ3) is 48.5. The number of halogens is 8. The number of rotatable bonds is 28. The standard InChI is InChI=1S/C7H17Cl2N3.2C7H17ClFN3.C7H17F2N3/c8-7(9,6-11)2-5-12-4-1-3-10;8-7(9,2-4-11)6-12-5-1-3-10;2*8-7(9,6-11)2-5-12-4-1-3-10/h4*12H,1-6,10-11H2. The van der Waals surface area contributed by atoms with Crippen LogP contribution in [0.5, 0.6) is 0 Å². The van der Waals surface area contributed by atoms with Gasteiger partial charge in [-0.15, -0.1) is 23.2 Å². The molecular formula is C28H68Cl4F4N12. The molecule has 296 valence electrons. The molecule has 12 nitrogen and oxygen atoms in total. The van der Waals surface area contributed by atoms with E-state index in [9.17, 15) is 17.6 Å². The van der Waals surface area contributed by atoms with Crippen molar-refractivity contribution in [2.24, 2.45) is 45.9 Å². The first-order chi connectivity index (χ1) is 22.5. The molecule has 0 bridgehead atoms. The summed E-state index contributed by atoms with van der Waals surface area (Å²) in [6.07, 6.45) is 4.37. The van der Waals surface area contributed by atoms with Crippen molar-refractivity contribution >= 4 is 46.4 Å². The van der Waals surface area contributed by atoms with Gasteiger partial charge in [-0.25, -0.2) is 17.6 Å². The van der Waals surface area contributed by atoms with Crippen molar-refractivity contribution in [3.05, 3.63) is 0 Å². The van der Waals surface area contributed by atoms with Crippen molar-refractivity contribution in [1.82, 2.24) is 21.3 Å². The maximum Gasteiger partial charge on any atom is 0.261 e. The topological polar surface area (TPSA) is 256 Å². The van der Waals surface area contributed by atoms with Gasteiger partial charge in [0.15, 0.2) is 10.3 Å². The molecule has 0 amide bonds. The maximum absolute atomic E-state index is 13.1. The number of hydrogen-bond acceptors (Lipinski definition) is 12. The number of hydrogen-bond donors (Lipinski definition) is 12. The van der Waals surface area contributed by atoms with Gasteiger partial charge in [0.2, 0.25) is 0 Å². The summed E-state index contributed by atoms with van der Waals surface area (Å²) in [5, 5.41) is 8.46. The highest BCUT2D eigenvalue weighted by Gasteiger charge is 2.26. The van der Waals surface area contributed by atoms with Crippen molar-refractivity contribution < 1.29 is 17.6 Å². The van der Waals surface area contributed by atoms with Gasteiger partial charge in [0.05, 0.1) is 6.54 Å². The summed E-state index contributed by atoms with van der Waals surface area (Å²) in [6.45, 7) is 7.20. The van der Waals surface area contributed by atoms with Crippen molar-refractivity contribution in [1.29, 1.82) is 0 Å². The van der Waals surface area contributed by atoms with Gasteiger partial charge in [0.25, 0.3) is 5.92 Å². The molecule has 0 aliphatic rings. The molecule has 2 atom stereocenters. The van der Waals surface area contributed by atoms with E-state index in [0.717, 1.165) is 45.3 Å². The van der Waals surface area contributed by atoms with E-state index in [4.69, 9.17) is 92.3 Å². The van der Waals surface area contributed by atoms with E-state index in [0.29, 0.717) is 58.8 Å². The van der Waals surface area contributed by atoms with E-state index < -0.39 is 27.1 Å². The Morgan fingerprint density at radius 2 is 0.792 bits per heavy atom. The van der Waals surface area contributed by atoms with E-state index in [1.807, 2.05) is 0 Å². The lowest BCUT2D eigenvalue weighted by Gasteiger charge is -2.17. The fraction of sp³-hybridized carbons (Fsp3) is 1.00. The summed E-state index contributed by atoms with van der Waals surface area (Å²) >= 11 is 22.5. The SMILES string of the molecule is NCCCNCC(F)(Cl)CCN.NCCCNCCC(Cl)(Cl)CN.NCCCNCCC(F)(Cl)CN.NCCCNCCC(F)(F)CN. The van der Waals surface area contributed by atoms with Gasteiger partial charge in [-0.05, 0) is 104 Å². The second kappa shape index (κ2) is 37.2. The van der Waals surface area contributed by atoms with E-state index >= 15 is 0 Å². The van der Waals surface area contributed by atoms with Gasteiger partial charge < -0.3 is 67.1 Å². The third-order valence-corrected chi connectivity index (χ3v) is 7.38. The van der Waals surface area contributed by atoms with Gasteiger partial charge in [-0.3, -0.25) is 0 Å². The van der Waals surface area contributed by atoms with Crippen LogP contribution in [0.2, 0.25) is 0 Å². The van der Waals surface area contributed by atoms with Crippen LogP contribution in [0.15, 0.2) is 0 Å². The molecular weight excluding hydrogens is 722 g/mol. The zero-order valence-corrected chi connectivity index (χ0v) is 31.6. The molecule has 0 aliphatic heterocycles. The number of nitrogens with two attached hydrogens (primary N) is 8. The summed E-state index contributed by atoms with van der Waals surface area (Å²) < 4.78 is 50.2. The predicted octanol–water partition coefficient (Wildman–Crippen LogP) is 0.713. The number of nitrogens with one attached hydrogen (secondary N) is 4. The van der Waals surface area contributed by atoms with E-state index in [-0.39, 0.29) is 45.4 Å². The van der Waals surface area contributed by atoms with Crippen LogP contribution >= 0.6 is 46.4 Å². The van der Waals surface area contributed by atoms with E-state index in [1.165, 1.54) is 0 Å². The maximum atomic E-state index is 13.1. The summed E-state index contributed by atoms with van der Waals surface area (Å²) in [4.78, 5) is 0. The van der Waals surface area contributed by atoms with Gasteiger partial charge >= 0.3 is 0 Å². The molecule has 0 fully saturated rings. The van der Waals surface area contributed by atoms with E-state index in [2.05, 4.69) is 21.3 Å². The summed E-state index contributed by atoms with van der Waals surface area (Å²) in [5.74, 6) is -2.73. The average molecular weight is 791 g/mol. The summed E-state index contributed by atoms with van der Waals surface area (Å²) in [7, 11) is 0. The smallest absolute Gasteiger partial charge is 0.261 e. The normalized spacial score (nSPS) is 14.0. The molecule has 0 aromatic rings. The second-order valence-electron chi connectivity index (χ2n) is 10.8. The number of alkyl halides is 8. The molecule has 20 N–H and O–H groups in total. The molecule has 0 saturated carbocycles. The molecule has 0 aromatic carbocycles. The molecule has 0 aromatic heterocycles. The minimum Gasteiger partial charge on any atom is -0.330 e. The first kappa shape index (κ1) is 55.2. The quantitative estimate of drug-likeness (QED) is 0.0298. The lowest BCUT2D eigenvalue weighted by Crippen LogP contribution is -2.34. The molecule has 2 unspecified atom stereocenters. The van der Waals surface area contributed by atoms with Crippen LogP contribution in [0.4, 0.5) is 17.6 Å². The molecule has 0 aliphatic carbocycles. The molecule has 0 rings (SSSR count). The molecule has 0 heterocycles. The highest BCUT2D eigenvalue weighted by Crippen LogP contribution is 2.22. The van der Waals surface area contributed by atoms with Crippen LogP contribution < -0.4 is 67.1 Å². The Kier molecular flexibility index (Phi) is 42.7. The largest absolute Gasteiger partial charge is 0.330 e. The summed E-state index contributed by atoms with van der Waals surface area (Å²) in [6, 6.07) is 0. The average Bonchev–Trinajstić information content (AvgIpc) is 3.04. The summed E-state index contributed by atoms with van der Waals surface area (Å²) in [5.41, 5.74) is 41.5. The van der Waals surface area contributed by atoms with Crippen LogP contribution in [-0.4, -0.2) is 125 Å². The van der Waals surface area contributed by atoms with Crippen LogP contribution in [0.3, 0.4) is 0 Å². The van der Waals surface area contributed by atoms with Crippen LogP contribution in [0, 0.1) is 0 Å². The first-order valence-electron chi connectivity index (χ1n) is 16.4. The Hall–Kier alpha value is 0.400. The van der Waals surface area contributed by atoms with Crippen molar-refractivity contribution in [2.45, 2.75) is 71.9 Å². The molecule has 0 radical (unpaired) electrons. The zero-order valence-electron chi connectivity index (χ0n) is 28.6. The molecule has 0 spiro atoms. The Morgan fingerprint density at radius 3 is 1.15 bits per heavy atom. The van der Waals surface area contributed by atoms with Gasteiger partial charge in [0.1, 0.15) is 4.33 Å². The Balaban J connectivity index is -0.000000269. The second-order valence-corrected chi connectivity index (χ2v) is 13.8. The van der Waals surface area contributed by atoms with Gasteiger partial charge in [-0.2, -0.15) is 0 Å². The Bertz CT molecular complexity index is 589. The molecule has 48 heavy (non-hydrogen) atoms. The third-order valence-electron chi connectivity index (χ3n) is 6.02. The van der Waals surface area contributed by atoms with Crippen molar-refractivity contribution in [3.63, 3.8) is 0 Å². The minimum atomic E-state index is -2.73. The van der Waals surface area contributed by atoms with Gasteiger partial charge in [-0.1, -0.05) is 23.2 Å². The fourth-order valence-electron chi connectivity index (χ4n) is 2.97. The monoisotopic (exact) mass is 788 g/mol. The van der Waals surface area contributed by atoms with Gasteiger partial charge in [0, 0.05) is 45.4 Å². The highest BCUT2D eigenvalue weighted by molar-refractivity contribution is 6.48. The fourth-order valence-corrected chi connectivity index (χ4v) is 3.46. The van der Waals surface area contributed by atoms with Crippen molar-refractivity contribution in [2.75, 3.05) is 105 Å².